The van der Waals surface area contributed by atoms with Crippen molar-refractivity contribution in [3.05, 3.63) is 59.7 Å². The number of carbonyl (C=O) groups is 2. The van der Waals surface area contributed by atoms with Gasteiger partial charge in [-0.3, -0.25) is 4.79 Å². The molecule has 2 aromatic rings. The van der Waals surface area contributed by atoms with Crippen molar-refractivity contribution in [2.24, 2.45) is 0 Å². The maximum atomic E-state index is 12.6. The van der Waals surface area contributed by atoms with Crippen LogP contribution in [0.25, 0.3) is 6.08 Å². The average Bonchev–Trinajstić information content (AvgIpc) is 3.24. The average molecular weight is 403 g/mol. The molecule has 1 heterocycles. The predicted molar refractivity (Wildman–Crippen MR) is 106 cm³/mol. The smallest absolute Gasteiger partial charge is 0.349 e. The summed E-state index contributed by atoms with van der Waals surface area (Å²) >= 11 is 0. The highest BCUT2D eigenvalue weighted by Crippen LogP contribution is 2.33. The number of nitrogens with zero attached hydrogens (tertiary/aromatic N) is 3. The second-order valence-corrected chi connectivity index (χ2v) is 6.15. The van der Waals surface area contributed by atoms with E-state index < -0.39 is 18.5 Å². The van der Waals surface area contributed by atoms with Gasteiger partial charge in [0.05, 0.1) is 12.5 Å². The molecule has 0 aliphatic carbocycles. The minimum Gasteiger partial charge on any atom is -0.454 e. The van der Waals surface area contributed by atoms with Gasteiger partial charge in [-0.2, -0.15) is 10.5 Å². The molecule has 0 saturated carbocycles. The molecule has 8 heteroatoms. The fourth-order valence-electron chi connectivity index (χ4n) is 2.76. The van der Waals surface area contributed by atoms with E-state index in [1.807, 2.05) is 6.07 Å². The normalized spacial score (nSPS) is 11.9. The van der Waals surface area contributed by atoms with Crippen LogP contribution in [0.4, 0.5) is 5.69 Å². The van der Waals surface area contributed by atoms with Crippen molar-refractivity contribution in [3.8, 4) is 23.6 Å². The van der Waals surface area contributed by atoms with Crippen LogP contribution in [-0.2, 0) is 14.3 Å². The number of benzene rings is 2. The van der Waals surface area contributed by atoms with Gasteiger partial charge in [-0.05, 0) is 35.9 Å². The highest BCUT2D eigenvalue weighted by atomic mass is 16.7. The first-order chi connectivity index (χ1) is 14.6. The Morgan fingerprint density at radius 1 is 1.10 bits per heavy atom. The summed E-state index contributed by atoms with van der Waals surface area (Å²) in [6.07, 6.45) is 1.47. The molecular formula is C22H17N3O5. The maximum Gasteiger partial charge on any atom is 0.349 e. The lowest BCUT2D eigenvalue weighted by Gasteiger charge is -2.21. The molecule has 1 aliphatic rings. The number of para-hydroxylation sites is 1. The summed E-state index contributed by atoms with van der Waals surface area (Å²) in [5.41, 5.74) is 0.883. The fourth-order valence-corrected chi connectivity index (χ4v) is 2.76. The van der Waals surface area contributed by atoms with Crippen molar-refractivity contribution >= 4 is 23.6 Å². The van der Waals surface area contributed by atoms with Gasteiger partial charge < -0.3 is 19.1 Å². The van der Waals surface area contributed by atoms with Gasteiger partial charge in [0.2, 0.25) is 6.79 Å². The maximum absolute atomic E-state index is 12.6. The third kappa shape index (κ3) is 4.94. The van der Waals surface area contributed by atoms with Crippen LogP contribution in [0.15, 0.2) is 54.1 Å². The molecule has 0 saturated heterocycles. The summed E-state index contributed by atoms with van der Waals surface area (Å²) in [4.78, 5) is 26.2. The molecule has 0 spiro atoms. The molecule has 0 bridgehead atoms. The predicted octanol–water partition coefficient (Wildman–Crippen LogP) is 2.81. The molecule has 2 aromatic carbocycles. The lowest BCUT2D eigenvalue weighted by Crippen LogP contribution is -2.35. The molecule has 1 aliphatic heterocycles. The van der Waals surface area contributed by atoms with Gasteiger partial charge in [0, 0.05) is 12.2 Å². The second-order valence-electron chi connectivity index (χ2n) is 6.15. The van der Waals surface area contributed by atoms with E-state index in [-0.39, 0.29) is 25.3 Å². The summed E-state index contributed by atoms with van der Waals surface area (Å²) < 4.78 is 15.5. The molecular weight excluding hydrogens is 386 g/mol. The summed E-state index contributed by atoms with van der Waals surface area (Å²) in [6, 6.07) is 17.5. The van der Waals surface area contributed by atoms with Gasteiger partial charge in [-0.25, -0.2) is 4.79 Å². The molecule has 0 aromatic heterocycles. The molecule has 150 valence electrons. The minimum atomic E-state index is -0.920. The Hall–Kier alpha value is -4.30. The number of nitriles is 2. The number of rotatable bonds is 7. The van der Waals surface area contributed by atoms with Gasteiger partial charge >= 0.3 is 5.97 Å². The van der Waals surface area contributed by atoms with E-state index in [4.69, 9.17) is 19.5 Å². The van der Waals surface area contributed by atoms with E-state index in [2.05, 4.69) is 0 Å². The zero-order valence-corrected chi connectivity index (χ0v) is 15.9. The molecule has 0 radical (unpaired) electrons. The number of carbonyl (C=O) groups excluding carboxylic acids is 2. The quantitative estimate of drug-likeness (QED) is 0.397. The minimum absolute atomic E-state index is 0.113. The van der Waals surface area contributed by atoms with E-state index in [0.717, 1.165) is 0 Å². The van der Waals surface area contributed by atoms with E-state index in [1.165, 1.54) is 11.0 Å². The molecule has 0 atom stereocenters. The van der Waals surface area contributed by atoms with Gasteiger partial charge in [0.1, 0.15) is 11.6 Å². The van der Waals surface area contributed by atoms with Gasteiger partial charge in [0.15, 0.2) is 18.1 Å². The largest absolute Gasteiger partial charge is 0.454 e. The Morgan fingerprint density at radius 3 is 2.60 bits per heavy atom. The van der Waals surface area contributed by atoms with Gasteiger partial charge in [0.25, 0.3) is 5.91 Å². The number of amides is 1. The Labute approximate surface area is 173 Å². The number of ether oxygens (including phenoxy) is 3. The van der Waals surface area contributed by atoms with Gasteiger partial charge in [-0.15, -0.1) is 0 Å². The first-order valence-electron chi connectivity index (χ1n) is 9.03. The summed E-state index contributed by atoms with van der Waals surface area (Å²) in [6.45, 7) is -0.282. The van der Waals surface area contributed by atoms with Crippen molar-refractivity contribution in [1.82, 2.24) is 0 Å². The number of fused-ring (bicyclic) bond motifs is 1. The van der Waals surface area contributed by atoms with Crippen LogP contribution >= 0.6 is 0 Å². The molecule has 0 unspecified atom stereocenters. The Balaban J connectivity index is 1.67. The third-order valence-electron chi connectivity index (χ3n) is 4.19. The fraction of sp³-hybridized carbons (Fsp3) is 0.182. The van der Waals surface area contributed by atoms with Crippen LogP contribution in [0.5, 0.6) is 11.5 Å². The molecule has 1 amide bonds. The van der Waals surface area contributed by atoms with Crippen LogP contribution < -0.4 is 14.4 Å². The van der Waals surface area contributed by atoms with Gasteiger partial charge in [-0.1, -0.05) is 24.3 Å². The van der Waals surface area contributed by atoms with E-state index in [1.54, 1.807) is 54.6 Å². The molecule has 30 heavy (non-hydrogen) atoms. The zero-order valence-electron chi connectivity index (χ0n) is 15.9. The molecule has 3 rings (SSSR count). The van der Waals surface area contributed by atoms with E-state index >= 15 is 0 Å². The van der Waals surface area contributed by atoms with Crippen LogP contribution in [0.3, 0.4) is 0 Å². The van der Waals surface area contributed by atoms with E-state index in [0.29, 0.717) is 22.7 Å². The first-order valence-corrected chi connectivity index (χ1v) is 9.03. The van der Waals surface area contributed by atoms with Crippen LogP contribution in [0, 0.1) is 22.7 Å². The molecule has 0 fully saturated rings. The molecule has 8 nitrogen and oxygen atoms in total. The number of hydrogen-bond acceptors (Lipinski definition) is 7. The Morgan fingerprint density at radius 2 is 1.87 bits per heavy atom. The second kappa shape index (κ2) is 9.76. The van der Waals surface area contributed by atoms with Crippen molar-refractivity contribution in [2.75, 3.05) is 24.8 Å². The number of anilines is 1. The standard InChI is InChI=1S/C22H17N3O5/c23-9-4-10-25(18-5-2-1-3-6-18)21(26)14-28-22(27)17(13-24)11-16-7-8-19-20(12-16)30-15-29-19/h1-3,5-8,11-12H,4,10,14-15H2/b17-11-. The van der Waals surface area contributed by atoms with Crippen molar-refractivity contribution in [2.45, 2.75) is 6.42 Å². The zero-order chi connectivity index (χ0) is 21.3. The summed E-state index contributed by atoms with van der Waals surface area (Å²) in [5, 5.41) is 18.1. The topological polar surface area (TPSA) is 113 Å². The Bertz CT molecular complexity index is 1050. The first kappa shape index (κ1) is 20.4. The SMILES string of the molecule is N#CCCN(C(=O)COC(=O)/C(C#N)=C\c1ccc2c(c1)OCO2)c1ccccc1. The van der Waals surface area contributed by atoms with Crippen LogP contribution in [0.1, 0.15) is 12.0 Å². The van der Waals surface area contributed by atoms with Crippen LogP contribution in [-0.4, -0.2) is 31.8 Å². The Kier molecular flexibility index (Phi) is 6.65. The molecule has 0 N–H and O–H groups in total. The van der Waals surface area contributed by atoms with E-state index in [9.17, 15) is 14.9 Å². The highest BCUT2D eigenvalue weighted by molar-refractivity contribution is 6.00. The lowest BCUT2D eigenvalue weighted by atomic mass is 10.1. The monoisotopic (exact) mass is 403 g/mol. The summed E-state index contributed by atoms with van der Waals surface area (Å²) in [7, 11) is 0. The van der Waals surface area contributed by atoms with Crippen molar-refractivity contribution in [1.29, 1.82) is 10.5 Å². The van der Waals surface area contributed by atoms with Crippen molar-refractivity contribution < 1.29 is 23.8 Å². The van der Waals surface area contributed by atoms with Crippen molar-refractivity contribution in [3.63, 3.8) is 0 Å². The third-order valence-corrected chi connectivity index (χ3v) is 4.19. The lowest BCUT2D eigenvalue weighted by molar-refractivity contribution is -0.143. The number of esters is 1. The number of hydrogen-bond donors (Lipinski definition) is 0. The van der Waals surface area contributed by atoms with Crippen LogP contribution in [0.2, 0.25) is 0 Å². The summed E-state index contributed by atoms with van der Waals surface area (Å²) in [5.74, 6) is -0.320. The highest BCUT2D eigenvalue weighted by Gasteiger charge is 2.19.